The van der Waals surface area contributed by atoms with Crippen LogP contribution in [-0.4, -0.2) is 23.4 Å². The molecule has 0 fully saturated rings. The smallest absolute Gasteiger partial charge is 0.188 e. The fraction of sp³-hybridized carbons (Fsp3) is 0.381. The lowest BCUT2D eigenvalue weighted by Gasteiger charge is -2.38. The van der Waals surface area contributed by atoms with Gasteiger partial charge in [0.05, 0.1) is 12.7 Å². The van der Waals surface area contributed by atoms with Gasteiger partial charge in [0.1, 0.15) is 17.9 Å². The van der Waals surface area contributed by atoms with Gasteiger partial charge in [-0.25, -0.2) is 0 Å². The molecule has 0 saturated heterocycles. The number of hydrogen-bond donors (Lipinski definition) is 1. The molecule has 0 aromatic heterocycles. The standard InChI is InChI=1S/C21H25NO3/c1-20(2,3)25-21(15-22,14-16-8-6-5-7-9-16)19(23)17-10-12-18(24-4)13-11-17/h5-13,19,23H,14H2,1-4H3/t19-,21+/m0/s1. The second-order valence-electron chi connectivity index (χ2n) is 7.05. The average molecular weight is 339 g/mol. The third-order valence-electron chi connectivity index (χ3n) is 3.86. The Morgan fingerprint density at radius 1 is 1.04 bits per heavy atom. The van der Waals surface area contributed by atoms with Crippen LogP contribution in [0, 0.1) is 11.3 Å². The first-order valence-electron chi connectivity index (χ1n) is 8.27. The van der Waals surface area contributed by atoms with E-state index in [0.29, 0.717) is 11.3 Å². The first kappa shape index (κ1) is 19.0. The van der Waals surface area contributed by atoms with Crippen molar-refractivity contribution in [3.05, 3.63) is 65.7 Å². The Labute approximate surface area is 149 Å². The largest absolute Gasteiger partial charge is 0.497 e. The van der Waals surface area contributed by atoms with E-state index in [1.165, 1.54) is 0 Å². The van der Waals surface area contributed by atoms with Gasteiger partial charge in [-0.05, 0) is 44.0 Å². The highest BCUT2D eigenvalue weighted by atomic mass is 16.5. The first-order valence-corrected chi connectivity index (χ1v) is 8.27. The van der Waals surface area contributed by atoms with Crippen LogP contribution in [0.25, 0.3) is 0 Å². The minimum atomic E-state index is -1.39. The van der Waals surface area contributed by atoms with Gasteiger partial charge in [-0.2, -0.15) is 5.26 Å². The third kappa shape index (κ3) is 4.82. The predicted octanol–water partition coefficient (Wildman–Crippen LogP) is 4.05. The molecule has 4 nitrogen and oxygen atoms in total. The van der Waals surface area contributed by atoms with Crippen molar-refractivity contribution in [2.24, 2.45) is 0 Å². The summed E-state index contributed by atoms with van der Waals surface area (Å²) in [5.41, 5.74) is -0.435. The van der Waals surface area contributed by atoms with Crippen LogP contribution in [0.3, 0.4) is 0 Å². The van der Waals surface area contributed by atoms with Crippen LogP contribution in [0.5, 0.6) is 5.75 Å². The lowest BCUT2D eigenvalue weighted by atomic mass is 9.85. The summed E-state index contributed by atoms with van der Waals surface area (Å²) in [5.74, 6) is 0.693. The Bertz CT molecular complexity index is 714. The van der Waals surface area contributed by atoms with Crippen LogP contribution in [0.2, 0.25) is 0 Å². The second kappa shape index (κ2) is 7.69. The van der Waals surface area contributed by atoms with Gasteiger partial charge in [0, 0.05) is 6.42 Å². The quantitative estimate of drug-likeness (QED) is 0.862. The number of ether oxygens (including phenoxy) is 2. The Morgan fingerprint density at radius 3 is 2.12 bits per heavy atom. The van der Waals surface area contributed by atoms with Gasteiger partial charge in [0.15, 0.2) is 5.60 Å². The van der Waals surface area contributed by atoms with E-state index in [9.17, 15) is 10.4 Å². The molecule has 0 radical (unpaired) electrons. The zero-order valence-corrected chi connectivity index (χ0v) is 15.2. The fourth-order valence-electron chi connectivity index (χ4n) is 2.81. The van der Waals surface area contributed by atoms with E-state index < -0.39 is 17.3 Å². The first-order chi connectivity index (χ1) is 11.8. The molecular weight excluding hydrogens is 314 g/mol. The van der Waals surface area contributed by atoms with Crippen molar-refractivity contribution < 1.29 is 14.6 Å². The molecule has 2 aromatic carbocycles. The molecule has 0 bridgehead atoms. The van der Waals surface area contributed by atoms with Crippen LogP contribution in [0.4, 0.5) is 0 Å². The molecule has 1 N–H and O–H groups in total. The fourth-order valence-corrected chi connectivity index (χ4v) is 2.81. The number of methoxy groups -OCH3 is 1. The van der Waals surface area contributed by atoms with E-state index in [-0.39, 0.29) is 6.42 Å². The summed E-state index contributed by atoms with van der Waals surface area (Å²) in [6.45, 7) is 5.64. The van der Waals surface area contributed by atoms with Gasteiger partial charge >= 0.3 is 0 Å². The molecule has 2 atom stereocenters. The summed E-state index contributed by atoms with van der Waals surface area (Å²) < 4.78 is 11.3. The lowest BCUT2D eigenvalue weighted by molar-refractivity contribution is -0.154. The van der Waals surface area contributed by atoms with Crippen molar-refractivity contribution in [1.29, 1.82) is 5.26 Å². The zero-order chi connectivity index (χ0) is 18.5. The number of nitrogens with zero attached hydrogens (tertiary/aromatic N) is 1. The van der Waals surface area contributed by atoms with E-state index in [0.717, 1.165) is 5.56 Å². The van der Waals surface area contributed by atoms with E-state index in [4.69, 9.17) is 9.47 Å². The van der Waals surface area contributed by atoms with Gasteiger partial charge in [-0.1, -0.05) is 42.5 Å². The minimum Gasteiger partial charge on any atom is -0.497 e. The zero-order valence-electron chi connectivity index (χ0n) is 15.2. The Morgan fingerprint density at radius 2 is 1.64 bits per heavy atom. The highest BCUT2D eigenvalue weighted by Crippen LogP contribution is 2.36. The van der Waals surface area contributed by atoms with Crippen molar-refractivity contribution in [2.75, 3.05) is 7.11 Å². The summed E-state index contributed by atoms with van der Waals surface area (Å²) >= 11 is 0. The van der Waals surface area contributed by atoms with Crippen LogP contribution in [-0.2, 0) is 11.2 Å². The molecule has 0 spiro atoms. The average Bonchev–Trinajstić information content (AvgIpc) is 2.60. The van der Waals surface area contributed by atoms with Crippen LogP contribution < -0.4 is 4.74 Å². The molecule has 2 rings (SSSR count). The molecule has 0 unspecified atom stereocenters. The molecule has 25 heavy (non-hydrogen) atoms. The molecular formula is C21H25NO3. The summed E-state index contributed by atoms with van der Waals surface area (Å²) in [4.78, 5) is 0. The predicted molar refractivity (Wildman–Crippen MR) is 97.3 cm³/mol. The highest BCUT2D eigenvalue weighted by molar-refractivity contribution is 5.33. The van der Waals surface area contributed by atoms with Crippen molar-refractivity contribution in [2.45, 2.75) is 44.5 Å². The van der Waals surface area contributed by atoms with Gasteiger partial charge in [0.2, 0.25) is 0 Å². The Kier molecular flexibility index (Phi) is 5.84. The molecule has 0 amide bonds. The molecule has 0 saturated carbocycles. The van der Waals surface area contributed by atoms with E-state index >= 15 is 0 Å². The number of hydrogen-bond acceptors (Lipinski definition) is 4. The number of aliphatic hydroxyl groups excluding tert-OH is 1. The maximum atomic E-state index is 11.0. The number of nitriles is 1. The number of benzene rings is 2. The van der Waals surface area contributed by atoms with Crippen molar-refractivity contribution in [3.63, 3.8) is 0 Å². The summed E-state index contributed by atoms with van der Waals surface area (Å²) in [6, 6.07) is 18.9. The Balaban J connectivity index is 2.42. The van der Waals surface area contributed by atoms with E-state index in [2.05, 4.69) is 6.07 Å². The van der Waals surface area contributed by atoms with E-state index in [1.54, 1.807) is 31.4 Å². The van der Waals surface area contributed by atoms with Crippen LogP contribution >= 0.6 is 0 Å². The van der Waals surface area contributed by atoms with Gasteiger partial charge in [-0.15, -0.1) is 0 Å². The molecule has 0 heterocycles. The highest BCUT2D eigenvalue weighted by Gasteiger charge is 2.43. The maximum Gasteiger partial charge on any atom is 0.188 e. The van der Waals surface area contributed by atoms with Crippen molar-refractivity contribution in [3.8, 4) is 11.8 Å². The third-order valence-corrected chi connectivity index (χ3v) is 3.86. The minimum absolute atomic E-state index is 0.287. The second-order valence-corrected chi connectivity index (χ2v) is 7.05. The molecule has 0 aliphatic carbocycles. The number of aliphatic hydroxyl groups is 1. The van der Waals surface area contributed by atoms with Gasteiger partial charge in [-0.3, -0.25) is 0 Å². The topological polar surface area (TPSA) is 62.5 Å². The molecule has 0 aliphatic heterocycles. The summed E-state index contributed by atoms with van der Waals surface area (Å²) in [5, 5.41) is 21.0. The van der Waals surface area contributed by atoms with Crippen LogP contribution in [0.1, 0.15) is 38.0 Å². The molecule has 2 aromatic rings. The van der Waals surface area contributed by atoms with Gasteiger partial charge < -0.3 is 14.6 Å². The molecule has 4 heteroatoms. The van der Waals surface area contributed by atoms with Crippen LogP contribution in [0.15, 0.2) is 54.6 Å². The molecule has 132 valence electrons. The maximum absolute atomic E-state index is 11.0. The lowest BCUT2D eigenvalue weighted by Crippen LogP contribution is -2.45. The Hall–Kier alpha value is -2.35. The monoisotopic (exact) mass is 339 g/mol. The summed E-state index contributed by atoms with van der Waals surface area (Å²) in [7, 11) is 1.59. The SMILES string of the molecule is COc1ccc([C@H](O)[C@](C#N)(Cc2ccccc2)OC(C)(C)C)cc1. The normalized spacial score (nSPS) is 15.0. The number of rotatable bonds is 6. The van der Waals surface area contributed by atoms with E-state index in [1.807, 2.05) is 51.1 Å². The van der Waals surface area contributed by atoms with Crippen molar-refractivity contribution >= 4 is 0 Å². The van der Waals surface area contributed by atoms with Gasteiger partial charge in [0.25, 0.3) is 0 Å². The van der Waals surface area contributed by atoms with Crippen molar-refractivity contribution in [1.82, 2.24) is 0 Å². The molecule has 0 aliphatic rings. The summed E-state index contributed by atoms with van der Waals surface area (Å²) in [6.07, 6.45) is -0.808.